The molecule has 3 aromatic rings. The maximum absolute atomic E-state index is 13.1. The van der Waals surface area contributed by atoms with Crippen LogP contribution in [0.15, 0.2) is 54.6 Å². The zero-order chi connectivity index (χ0) is 21.1. The van der Waals surface area contributed by atoms with Gasteiger partial charge in [-0.3, -0.25) is 4.79 Å². The van der Waals surface area contributed by atoms with Crippen LogP contribution in [0.3, 0.4) is 0 Å². The first kappa shape index (κ1) is 19.8. The van der Waals surface area contributed by atoms with Crippen LogP contribution in [0.1, 0.15) is 21.6 Å². The molecule has 4 rings (SSSR count). The van der Waals surface area contributed by atoms with Gasteiger partial charge in [-0.15, -0.1) is 0 Å². The van der Waals surface area contributed by atoms with Crippen LogP contribution in [0.25, 0.3) is 0 Å². The molecule has 0 radical (unpaired) electrons. The van der Waals surface area contributed by atoms with Crippen molar-refractivity contribution in [3.63, 3.8) is 0 Å². The number of hydrogen-bond acceptors (Lipinski definition) is 5. The predicted octanol–water partition coefficient (Wildman–Crippen LogP) is 3.94. The summed E-state index contributed by atoms with van der Waals surface area (Å²) in [6, 6.07) is 15.7. The zero-order valence-corrected chi connectivity index (χ0v) is 17.1. The van der Waals surface area contributed by atoms with E-state index < -0.39 is 0 Å². The molecule has 1 saturated heterocycles. The van der Waals surface area contributed by atoms with Gasteiger partial charge in [0.1, 0.15) is 11.6 Å². The van der Waals surface area contributed by atoms with Gasteiger partial charge >= 0.3 is 0 Å². The Morgan fingerprint density at radius 1 is 0.933 bits per heavy atom. The van der Waals surface area contributed by atoms with Crippen molar-refractivity contribution in [1.82, 2.24) is 14.9 Å². The van der Waals surface area contributed by atoms with Crippen molar-refractivity contribution in [1.29, 1.82) is 0 Å². The number of anilines is 3. The molecular weight excluding hydrogens is 381 g/mol. The van der Waals surface area contributed by atoms with Crippen molar-refractivity contribution in [3.05, 3.63) is 77.2 Å². The Labute approximate surface area is 175 Å². The average Bonchev–Trinajstić information content (AvgIpc) is 2.75. The van der Waals surface area contributed by atoms with Gasteiger partial charge in [0.25, 0.3) is 5.91 Å². The third-order valence-corrected chi connectivity index (χ3v) is 5.13. The highest BCUT2D eigenvalue weighted by Gasteiger charge is 2.23. The molecule has 1 aliphatic heterocycles. The fourth-order valence-corrected chi connectivity index (χ4v) is 3.45. The maximum Gasteiger partial charge on any atom is 0.253 e. The quantitative estimate of drug-likeness (QED) is 0.713. The van der Waals surface area contributed by atoms with E-state index in [1.54, 1.807) is 4.90 Å². The predicted molar refractivity (Wildman–Crippen MR) is 116 cm³/mol. The summed E-state index contributed by atoms with van der Waals surface area (Å²) in [7, 11) is 0. The molecule has 30 heavy (non-hydrogen) atoms. The Kier molecular flexibility index (Phi) is 5.61. The Balaban J connectivity index is 1.42. The highest BCUT2D eigenvalue weighted by atomic mass is 19.1. The van der Waals surface area contributed by atoms with E-state index in [-0.39, 0.29) is 11.7 Å². The number of rotatable bonds is 4. The van der Waals surface area contributed by atoms with Crippen LogP contribution in [0.5, 0.6) is 0 Å². The van der Waals surface area contributed by atoms with Gasteiger partial charge in [-0.25, -0.2) is 9.37 Å². The normalized spacial score (nSPS) is 14.0. The minimum Gasteiger partial charge on any atom is -0.353 e. The van der Waals surface area contributed by atoms with Crippen molar-refractivity contribution in [2.75, 3.05) is 36.4 Å². The summed E-state index contributed by atoms with van der Waals surface area (Å²) in [5.41, 5.74) is 3.51. The van der Waals surface area contributed by atoms with E-state index in [0.29, 0.717) is 37.7 Å². The van der Waals surface area contributed by atoms with E-state index in [0.717, 1.165) is 17.2 Å². The van der Waals surface area contributed by atoms with Gasteiger partial charge in [-0.1, -0.05) is 17.7 Å². The molecule has 154 valence electrons. The Morgan fingerprint density at radius 2 is 1.60 bits per heavy atom. The first-order chi connectivity index (χ1) is 14.5. The molecule has 6 nitrogen and oxygen atoms in total. The fraction of sp³-hybridized carbons (Fsp3) is 0.261. The van der Waals surface area contributed by atoms with Gasteiger partial charge in [0, 0.05) is 49.2 Å². The van der Waals surface area contributed by atoms with Crippen LogP contribution in [0, 0.1) is 19.7 Å². The molecule has 0 unspecified atom stereocenters. The lowest BCUT2D eigenvalue weighted by Gasteiger charge is -2.35. The van der Waals surface area contributed by atoms with Crippen molar-refractivity contribution < 1.29 is 9.18 Å². The number of carbonyl (C=O) groups excluding carboxylic acids is 1. The minimum atomic E-state index is -0.342. The third kappa shape index (κ3) is 4.56. The number of carbonyl (C=O) groups is 1. The van der Waals surface area contributed by atoms with Crippen LogP contribution in [0.2, 0.25) is 0 Å². The van der Waals surface area contributed by atoms with Gasteiger partial charge in [0.2, 0.25) is 5.95 Å². The van der Waals surface area contributed by atoms with E-state index in [4.69, 9.17) is 0 Å². The molecule has 0 saturated carbocycles. The second-order valence-corrected chi connectivity index (χ2v) is 7.47. The number of piperazine rings is 1. The topological polar surface area (TPSA) is 61.4 Å². The Hall–Kier alpha value is -3.48. The van der Waals surface area contributed by atoms with E-state index in [1.807, 2.05) is 44.2 Å². The molecule has 0 spiro atoms. The van der Waals surface area contributed by atoms with Gasteiger partial charge in [0.05, 0.1) is 0 Å². The van der Waals surface area contributed by atoms with Crippen molar-refractivity contribution in [2.45, 2.75) is 13.8 Å². The zero-order valence-electron chi connectivity index (χ0n) is 17.1. The number of aromatic nitrogens is 2. The summed E-state index contributed by atoms with van der Waals surface area (Å²) >= 11 is 0. The summed E-state index contributed by atoms with van der Waals surface area (Å²) in [6.07, 6.45) is 0. The smallest absolute Gasteiger partial charge is 0.253 e. The number of aryl methyl sites for hydroxylation is 2. The molecule has 1 aromatic heterocycles. The number of amides is 1. The summed E-state index contributed by atoms with van der Waals surface area (Å²) in [4.78, 5) is 25.8. The van der Waals surface area contributed by atoms with Crippen LogP contribution in [-0.2, 0) is 0 Å². The third-order valence-electron chi connectivity index (χ3n) is 5.13. The highest BCUT2D eigenvalue weighted by molar-refractivity contribution is 5.94. The summed E-state index contributed by atoms with van der Waals surface area (Å²) in [5, 5.41) is 3.26. The molecule has 0 bridgehead atoms. The van der Waals surface area contributed by atoms with Crippen LogP contribution in [-0.4, -0.2) is 47.0 Å². The first-order valence-electron chi connectivity index (χ1n) is 9.97. The number of nitrogens with one attached hydrogen (secondary N) is 1. The molecule has 7 heteroatoms. The standard InChI is InChI=1S/C23H24FN5O/c1-16-3-9-20(10-4-16)26-23-25-17(2)15-21(27-23)28-11-13-29(14-12-28)22(30)18-5-7-19(24)8-6-18/h3-10,15H,11-14H2,1-2H3,(H,25,26,27). The molecule has 2 heterocycles. The second kappa shape index (κ2) is 8.49. The lowest BCUT2D eigenvalue weighted by Crippen LogP contribution is -2.49. The number of halogens is 1. The van der Waals surface area contributed by atoms with Gasteiger partial charge < -0.3 is 15.1 Å². The summed E-state index contributed by atoms with van der Waals surface area (Å²) in [5.74, 6) is 0.977. The van der Waals surface area contributed by atoms with Crippen LogP contribution < -0.4 is 10.2 Å². The Morgan fingerprint density at radius 3 is 2.27 bits per heavy atom. The second-order valence-electron chi connectivity index (χ2n) is 7.47. The lowest BCUT2D eigenvalue weighted by molar-refractivity contribution is 0.0746. The van der Waals surface area contributed by atoms with E-state index in [9.17, 15) is 9.18 Å². The monoisotopic (exact) mass is 405 g/mol. The van der Waals surface area contributed by atoms with Crippen molar-refractivity contribution in [3.8, 4) is 0 Å². The highest BCUT2D eigenvalue weighted by Crippen LogP contribution is 2.20. The molecule has 0 atom stereocenters. The molecular formula is C23H24FN5O. The van der Waals surface area contributed by atoms with Gasteiger partial charge in [-0.2, -0.15) is 4.98 Å². The molecule has 1 amide bonds. The van der Waals surface area contributed by atoms with E-state index in [2.05, 4.69) is 20.2 Å². The molecule has 1 N–H and O–H groups in total. The Bertz CT molecular complexity index is 1030. The maximum atomic E-state index is 13.1. The number of benzene rings is 2. The number of hydrogen-bond donors (Lipinski definition) is 1. The SMILES string of the molecule is Cc1ccc(Nc2nc(C)cc(N3CCN(C(=O)c4ccc(F)cc4)CC3)n2)cc1. The van der Waals surface area contributed by atoms with Crippen LogP contribution in [0.4, 0.5) is 21.8 Å². The summed E-state index contributed by atoms with van der Waals surface area (Å²) in [6.45, 7) is 6.51. The lowest BCUT2D eigenvalue weighted by atomic mass is 10.2. The van der Waals surface area contributed by atoms with E-state index in [1.165, 1.54) is 29.8 Å². The van der Waals surface area contributed by atoms with Crippen LogP contribution >= 0.6 is 0 Å². The molecule has 0 aliphatic carbocycles. The largest absolute Gasteiger partial charge is 0.353 e. The van der Waals surface area contributed by atoms with Crippen molar-refractivity contribution in [2.24, 2.45) is 0 Å². The molecule has 2 aromatic carbocycles. The number of nitrogens with zero attached hydrogens (tertiary/aromatic N) is 4. The van der Waals surface area contributed by atoms with Gasteiger partial charge in [0.15, 0.2) is 0 Å². The minimum absolute atomic E-state index is 0.0738. The summed E-state index contributed by atoms with van der Waals surface area (Å²) < 4.78 is 13.1. The van der Waals surface area contributed by atoms with Gasteiger partial charge in [-0.05, 0) is 50.2 Å². The average molecular weight is 405 g/mol. The molecule has 1 fully saturated rings. The fourth-order valence-electron chi connectivity index (χ4n) is 3.45. The van der Waals surface area contributed by atoms with E-state index >= 15 is 0 Å². The first-order valence-corrected chi connectivity index (χ1v) is 9.97. The molecule has 1 aliphatic rings. The van der Waals surface area contributed by atoms with Crippen molar-refractivity contribution >= 4 is 23.4 Å².